The van der Waals surface area contributed by atoms with Crippen molar-refractivity contribution in [3.63, 3.8) is 0 Å². The van der Waals surface area contributed by atoms with Gasteiger partial charge in [-0.05, 0) is 43.4 Å². The van der Waals surface area contributed by atoms with Crippen molar-refractivity contribution in [2.45, 2.75) is 44.1 Å². The smallest absolute Gasteiger partial charge is 0.305 e. The zero-order chi connectivity index (χ0) is 14.6. The monoisotopic (exact) mass is 339 g/mol. The van der Waals surface area contributed by atoms with Crippen LogP contribution in [0.1, 0.15) is 37.7 Å². The molecule has 0 bridgehead atoms. The molecule has 0 heterocycles. The van der Waals surface area contributed by atoms with E-state index in [9.17, 15) is 9.59 Å². The van der Waals surface area contributed by atoms with E-state index in [1.54, 1.807) is 0 Å². The predicted octanol–water partition coefficient (Wildman–Crippen LogP) is 2.90. The first-order valence-electron chi connectivity index (χ1n) is 6.76. The van der Waals surface area contributed by atoms with Crippen molar-refractivity contribution in [1.29, 1.82) is 0 Å². The molecule has 1 aromatic carbocycles. The molecule has 1 saturated carbocycles. The van der Waals surface area contributed by atoms with Crippen LogP contribution >= 0.6 is 15.9 Å². The molecule has 5 heteroatoms. The van der Waals surface area contributed by atoms with E-state index in [2.05, 4.69) is 21.2 Å². The molecular weight excluding hydrogens is 322 g/mol. The van der Waals surface area contributed by atoms with Crippen LogP contribution in [0.25, 0.3) is 0 Å². The summed E-state index contributed by atoms with van der Waals surface area (Å²) < 4.78 is 0.997. The Labute approximate surface area is 126 Å². The number of aliphatic carboxylic acids is 1. The van der Waals surface area contributed by atoms with E-state index in [4.69, 9.17) is 5.11 Å². The lowest BCUT2D eigenvalue weighted by Crippen LogP contribution is -2.54. The van der Waals surface area contributed by atoms with Gasteiger partial charge in [0.25, 0.3) is 0 Å². The minimum Gasteiger partial charge on any atom is -0.481 e. The number of carboxylic acids is 1. The molecule has 20 heavy (non-hydrogen) atoms. The molecule has 1 fully saturated rings. The van der Waals surface area contributed by atoms with E-state index >= 15 is 0 Å². The Kier molecular flexibility index (Phi) is 4.81. The van der Waals surface area contributed by atoms with Crippen molar-refractivity contribution in [3.8, 4) is 0 Å². The normalized spacial score (nSPS) is 16.2. The fourth-order valence-electron chi connectivity index (χ4n) is 2.55. The zero-order valence-corrected chi connectivity index (χ0v) is 12.8. The molecule has 0 saturated heterocycles. The number of benzene rings is 1. The second-order valence-corrected chi connectivity index (χ2v) is 6.30. The average Bonchev–Trinajstić information content (AvgIpc) is 2.33. The van der Waals surface area contributed by atoms with Crippen LogP contribution in [-0.4, -0.2) is 22.5 Å². The lowest BCUT2D eigenvalue weighted by atomic mass is 9.74. The van der Waals surface area contributed by atoms with E-state index in [1.807, 2.05) is 24.3 Å². The predicted molar refractivity (Wildman–Crippen MR) is 79.4 cm³/mol. The summed E-state index contributed by atoms with van der Waals surface area (Å²) in [7, 11) is 0. The summed E-state index contributed by atoms with van der Waals surface area (Å²) in [6.07, 6.45) is 3.59. The summed E-state index contributed by atoms with van der Waals surface area (Å²) in [5, 5.41) is 11.8. The average molecular weight is 340 g/mol. The minimum atomic E-state index is -0.850. The standard InChI is InChI=1S/C15H18BrNO3/c16-12-4-1-3-11(9-12)5-6-13(18)17-15(7-2-8-15)10-14(19)20/h1,3-4,9H,2,5-8,10H2,(H,17,18)(H,19,20). The van der Waals surface area contributed by atoms with Crippen molar-refractivity contribution >= 4 is 27.8 Å². The van der Waals surface area contributed by atoms with Crippen LogP contribution < -0.4 is 5.32 Å². The van der Waals surface area contributed by atoms with E-state index in [0.717, 1.165) is 29.3 Å². The van der Waals surface area contributed by atoms with Crippen LogP contribution in [0.15, 0.2) is 28.7 Å². The molecule has 0 aromatic heterocycles. The number of carbonyl (C=O) groups is 2. The Morgan fingerprint density at radius 2 is 2.10 bits per heavy atom. The molecular formula is C15H18BrNO3. The maximum Gasteiger partial charge on any atom is 0.305 e. The molecule has 1 aromatic rings. The molecule has 1 amide bonds. The van der Waals surface area contributed by atoms with Crippen LogP contribution in [0.4, 0.5) is 0 Å². The van der Waals surface area contributed by atoms with Crippen LogP contribution in [-0.2, 0) is 16.0 Å². The first-order valence-corrected chi connectivity index (χ1v) is 7.56. The van der Waals surface area contributed by atoms with Crippen LogP contribution in [0.5, 0.6) is 0 Å². The van der Waals surface area contributed by atoms with Gasteiger partial charge in [0.1, 0.15) is 0 Å². The lowest BCUT2D eigenvalue weighted by molar-refractivity contribution is -0.140. The Bertz CT molecular complexity index is 512. The summed E-state index contributed by atoms with van der Waals surface area (Å²) in [5.41, 5.74) is 0.593. The number of rotatable bonds is 6. The molecule has 0 radical (unpaired) electrons. The first kappa shape index (κ1) is 15.0. The van der Waals surface area contributed by atoms with Crippen molar-refractivity contribution in [3.05, 3.63) is 34.3 Å². The zero-order valence-electron chi connectivity index (χ0n) is 11.2. The van der Waals surface area contributed by atoms with Crippen LogP contribution in [0.3, 0.4) is 0 Å². The number of carboxylic acid groups (broad SMARTS) is 1. The summed E-state index contributed by atoms with van der Waals surface area (Å²) >= 11 is 3.40. The van der Waals surface area contributed by atoms with Crippen molar-refractivity contribution in [2.24, 2.45) is 0 Å². The highest BCUT2D eigenvalue weighted by Crippen LogP contribution is 2.35. The summed E-state index contributed by atoms with van der Waals surface area (Å²) in [6, 6.07) is 7.85. The largest absolute Gasteiger partial charge is 0.481 e. The molecule has 1 aliphatic carbocycles. The SMILES string of the molecule is O=C(O)CC1(NC(=O)CCc2cccc(Br)c2)CCC1. The van der Waals surface area contributed by atoms with Gasteiger partial charge < -0.3 is 10.4 Å². The summed E-state index contributed by atoms with van der Waals surface area (Å²) in [4.78, 5) is 22.8. The number of aryl methyl sites for hydroxylation is 1. The number of carbonyl (C=O) groups excluding carboxylic acids is 1. The third-order valence-electron chi connectivity index (χ3n) is 3.73. The van der Waals surface area contributed by atoms with Crippen LogP contribution in [0, 0.1) is 0 Å². The van der Waals surface area contributed by atoms with Gasteiger partial charge in [-0.3, -0.25) is 9.59 Å². The van der Waals surface area contributed by atoms with E-state index in [0.29, 0.717) is 12.8 Å². The Morgan fingerprint density at radius 1 is 1.35 bits per heavy atom. The van der Waals surface area contributed by atoms with Gasteiger partial charge in [0.05, 0.1) is 12.0 Å². The van der Waals surface area contributed by atoms with Gasteiger partial charge in [0, 0.05) is 10.9 Å². The van der Waals surface area contributed by atoms with Gasteiger partial charge in [-0.15, -0.1) is 0 Å². The topological polar surface area (TPSA) is 66.4 Å². The quantitative estimate of drug-likeness (QED) is 0.837. The molecule has 2 N–H and O–H groups in total. The molecule has 0 aliphatic heterocycles. The molecule has 4 nitrogen and oxygen atoms in total. The number of hydrogen-bond acceptors (Lipinski definition) is 2. The molecule has 2 rings (SSSR count). The second-order valence-electron chi connectivity index (χ2n) is 5.38. The maximum atomic E-state index is 12.0. The van der Waals surface area contributed by atoms with Crippen LogP contribution in [0.2, 0.25) is 0 Å². The van der Waals surface area contributed by atoms with Gasteiger partial charge in [-0.25, -0.2) is 0 Å². The van der Waals surface area contributed by atoms with E-state index < -0.39 is 11.5 Å². The Hall–Kier alpha value is -1.36. The second kappa shape index (κ2) is 6.39. The Morgan fingerprint density at radius 3 is 2.65 bits per heavy atom. The number of halogens is 1. The number of amides is 1. The van der Waals surface area contributed by atoms with E-state index in [-0.39, 0.29) is 12.3 Å². The molecule has 108 valence electrons. The van der Waals surface area contributed by atoms with Gasteiger partial charge in [0.15, 0.2) is 0 Å². The van der Waals surface area contributed by atoms with Gasteiger partial charge in [-0.2, -0.15) is 0 Å². The fourth-order valence-corrected chi connectivity index (χ4v) is 2.99. The third kappa shape index (κ3) is 4.07. The van der Waals surface area contributed by atoms with Gasteiger partial charge >= 0.3 is 5.97 Å². The highest BCUT2D eigenvalue weighted by molar-refractivity contribution is 9.10. The highest BCUT2D eigenvalue weighted by atomic mass is 79.9. The summed E-state index contributed by atoms with van der Waals surface area (Å²) in [5.74, 6) is -0.914. The van der Waals surface area contributed by atoms with Crippen molar-refractivity contribution < 1.29 is 14.7 Å². The first-order chi connectivity index (χ1) is 9.49. The fraction of sp³-hybridized carbons (Fsp3) is 0.467. The number of nitrogens with one attached hydrogen (secondary N) is 1. The van der Waals surface area contributed by atoms with Gasteiger partial charge in [0.2, 0.25) is 5.91 Å². The van der Waals surface area contributed by atoms with Gasteiger partial charge in [-0.1, -0.05) is 28.1 Å². The Balaban J connectivity index is 1.84. The van der Waals surface area contributed by atoms with E-state index in [1.165, 1.54) is 0 Å². The highest BCUT2D eigenvalue weighted by Gasteiger charge is 2.40. The summed E-state index contributed by atoms with van der Waals surface area (Å²) in [6.45, 7) is 0. The number of hydrogen-bond donors (Lipinski definition) is 2. The lowest BCUT2D eigenvalue weighted by Gasteiger charge is -2.41. The van der Waals surface area contributed by atoms with Crippen molar-refractivity contribution in [1.82, 2.24) is 5.32 Å². The minimum absolute atomic E-state index is 0.0234. The third-order valence-corrected chi connectivity index (χ3v) is 4.23. The maximum absolute atomic E-state index is 12.0. The molecule has 0 spiro atoms. The molecule has 1 aliphatic rings. The molecule has 0 unspecified atom stereocenters. The molecule has 0 atom stereocenters. The van der Waals surface area contributed by atoms with Crippen molar-refractivity contribution in [2.75, 3.05) is 0 Å².